The van der Waals surface area contributed by atoms with Crippen molar-refractivity contribution in [3.63, 3.8) is 0 Å². The molecule has 1 fully saturated rings. The zero-order valence-electron chi connectivity index (χ0n) is 13.0. The number of nitrogens with two attached hydrogens (primary N) is 1. The number of hydrogen-bond donors (Lipinski definition) is 1. The van der Waals surface area contributed by atoms with Gasteiger partial charge in [-0.2, -0.15) is 0 Å². The second-order valence-corrected chi connectivity index (χ2v) is 7.05. The van der Waals surface area contributed by atoms with Gasteiger partial charge in [0.1, 0.15) is 0 Å². The van der Waals surface area contributed by atoms with E-state index in [0.717, 1.165) is 13.1 Å². The zero-order chi connectivity index (χ0) is 14.8. The van der Waals surface area contributed by atoms with Gasteiger partial charge in [0.25, 0.3) is 0 Å². The summed E-state index contributed by atoms with van der Waals surface area (Å²) in [4.78, 5) is 2.51. The molecular weight excluding hydrogens is 312 g/mol. The molecule has 2 rings (SSSR count). The standard InChI is InChI=1S/C17H27BrN2/c1-4-17(5-2)8-10-20(11-9-17)16-7-6-14(13(3)19)12-15(16)18/h6-7,12-13H,4-5,8-11,19H2,1-3H3/t13-/m0/s1. The molecule has 1 aromatic carbocycles. The summed E-state index contributed by atoms with van der Waals surface area (Å²) < 4.78 is 1.17. The Hall–Kier alpha value is -0.540. The fourth-order valence-corrected chi connectivity index (χ4v) is 3.89. The maximum absolute atomic E-state index is 5.95. The fourth-order valence-electron chi connectivity index (χ4n) is 3.24. The summed E-state index contributed by atoms with van der Waals surface area (Å²) in [5.74, 6) is 0. The van der Waals surface area contributed by atoms with Crippen LogP contribution in [0.4, 0.5) is 5.69 Å². The van der Waals surface area contributed by atoms with Gasteiger partial charge in [-0.25, -0.2) is 0 Å². The molecule has 0 radical (unpaired) electrons. The van der Waals surface area contributed by atoms with Crippen LogP contribution in [-0.2, 0) is 0 Å². The first-order chi connectivity index (χ1) is 9.51. The number of nitrogens with zero attached hydrogens (tertiary/aromatic N) is 1. The van der Waals surface area contributed by atoms with Crippen LogP contribution < -0.4 is 10.6 Å². The lowest BCUT2D eigenvalue weighted by Crippen LogP contribution is -2.39. The smallest absolute Gasteiger partial charge is 0.0510 e. The Balaban J connectivity index is 2.11. The monoisotopic (exact) mass is 338 g/mol. The average molecular weight is 339 g/mol. The van der Waals surface area contributed by atoms with E-state index < -0.39 is 0 Å². The minimum atomic E-state index is 0.0922. The van der Waals surface area contributed by atoms with Crippen molar-refractivity contribution in [2.75, 3.05) is 18.0 Å². The molecule has 3 heteroatoms. The predicted octanol–water partition coefficient (Wildman–Crippen LogP) is 4.88. The van der Waals surface area contributed by atoms with Crippen LogP contribution in [0.15, 0.2) is 22.7 Å². The summed E-state index contributed by atoms with van der Waals surface area (Å²) in [5.41, 5.74) is 9.03. The maximum atomic E-state index is 5.95. The van der Waals surface area contributed by atoms with Crippen molar-refractivity contribution in [2.24, 2.45) is 11.1 Å². The van der Waals surface area contributed by atoms with E-state index in [9.17, 15) is 0 Å². The number of hydrogen-bond acceptors (Lipinski definition) is 2. The van der Waals surface area contributed by atoms with Crippen LogP contribution in [0.25, 0.3) is 0 Å². The third-order valence-electron chi connectivity index (χ3n) is 5.16. The van der Waals surface area contributed by atoms with E-state index in [4.69, 9.17) is 5.73 Å². The highest BCUT2D eigenvalue weighted by molar-refractivity contribution is 9.10. The second kappa shape index (κ2) is 6.48. The van der Waals surface area contributed by atoms with Crippen LogP contribution in [0.3, 0.4) is 0 Å². The van der Waals surface area contributed by atoms with Gasteiger partial charge < -0.3 is 10.6 Å². The van der Waals surface area contributed by atoms with Crippen molar-refractivity contribution in [1.29, 1.82) is 0 Å². The molecule has 1 aromatic rings. The molecule has 1 saturated heterocycles. The highest BCUT2D eigenvalue weighted by Crippen LogP contribution is 2.40. The summed E-state index contributed by atoms with van der Waals surface area (Å²) in [6.45, 7) is 9.04. The lowest BCUT2D eigenvalue weighted by Gasteiger charge is -2.42. The summed E-state index contributed by atoms with van der Waals surface area (Å²) in [7, 11) is 0. The van der Waals surface area contributed by atoms with E-state index >= 15 is 0 Å². The molecule has 1 aliphatic heterocycles. The van der Waals surface area contributed by atoms with E-state index in [2.05, 4.69) is 52.9 Å². The van der Waals surface area contributed by atoms with E-state index in [-0.39, 0.29) is 6.04 Å². The summed E-state index contributed by atoms with van der Waals surface area (Å²) in [6, 6.07) is 6.64. The van der Waals surface area contributed by atoms with E-state index in [1.807, 2.05) is 6.92 Å². The van der Waals surface area contributed by atoms with Crippen LogP contribution in [0, 0.1) is 5.41 Å². The number of anilines is 1. The van der Waals surface area contributed by atoms with Crippen molar-refractivity contribution in [3.05, 3.63) is 28.2 Å². The molecule has 2 nitrogen and oxygen atoms in total. The molecule has 0 aromatic heterocycles. The van der Waals surface area contributed by atoms with Crippen molar-refractivity contribution in [3.8, 4) is 0 Å². The molecule has 0 unspecified atom stereocenters. The van der Waals surface area contributed by atoms with Gasteiger partial charge in [0.15, 0.2) is 0 Å². The lowest BCUT2D eigenvalue weighted by molar-refractivity contribution is 0.199. The zero-order valence-corrected chi connectivity index (χ0v) is 14.5. The summed E-state index contributed by atoms with van der Waals surface area (Å²) in [5, 5.41) is 0. The maximum Gasteiger partial charge on any atom is 0.0510 e. The van der Waals surface area contributed by atoms with E-state index in [1.165, 1.54) is 41.4 Å². The van der Waals surface area contributed by atoms with Gasteiger partial charge in [-0.1, -0.05) is 32.8 Å². The third kappa shape index (κ3) is 3.20. The lowest BCUT2D eigenvalue weighted by atomic mass is 9.74. The highest BCUT2D eigenvalue weighted by atomic mass is 79.9. The molecule has 20 heavy (non-hydrogen) atoms. The van der Waals surface area contributed by atoms with Gasteiger partial charge in [0, 0.05) is 23.6 Å². The Morgan fingerprint density at radius 3 is 2.30 bits per heavy atom. The van der Waals surface area contributed by atoms with Crippen LogP contribution >= 0.6 is 15.9 Å². The molecule has 0 amide bonds. The number of piperidine rings is 1. The SMILES string of the molecule is CCC1(CC)CCN(c2ccc([C@H](C)N)cc2Br)CC1. The molecule has 1 atom stereocenters. The van der Waals surface area contributed by atoms with Gasteiger partial charge in [-0.3, -0.25) is 0 Å². The van der Waals surface area contributed by atoms with Gasteiger partial charge in [0.05, 0.1) is 5.69 Å². The van der Waals surface area contributed by atoms with Crippen molar-refractivity contribution < 1.29 is 0 Å². The largest absolute Gasteiger partial charge is 0.371 e. The number of benzene rings is 1. The molecule has 112 valence electrons. The molecule has 1 heterocycles. The summed E-state index contributed by atoms with van der Waals surface area (Å²) >= 11 is 3.72. The van der Waals surface area contributed by atoms with Crippen LogP contribution in [0.5, 0.6) is 0 Å². The normalized spacial score (nSPS) is 19.9. The van der Waals surface area contributed by atoms with Gasteiger partial charge in [0.2, 0.25) is 0 Å². The minimum absolute atomic E-state index is 0.0922. The molecule has 0 bridgehead atoms. The van der Waals surface area contributed by atoms with Gasteiger partial charge >= 0.3 is 0 Å². The molecule has 0 spiro atoms. The Labute approximate surface area is 131 Å². The predicted molar refractivity (Wildman–Crippen MR) is 91.2 cm³/mol. The highest BCUT2D eigenvalue weighted by Gasteiger charge is 2.31. The molecule has 0 aliphatic carbocycles. The first-order valence-corrected chi connectivity index (χ1v) is 8.60. The third-order valence-corrected chi connectivity index (χ3v) is 5.80. The van der Waals surface area contributed by atoms with Gasteiger partial charge in [-0.05, 0) is 58.8 Å². The van der Waals surface area contributed by atoms with Crippen LogP contribution in [0.2, 0.25) is 0 Å². The first kappa shape index (κ1) is 15.8. The Morgan fingerprint density at radius 1 is 1.25 bits per heavy atom. The molecule has 1 aliphatic rings. The van der Waals surface area contributed by atoms with Crippen LogP contribution in [0.1, 0.15) is 58.1 Å². The number of rotatable bonds is 4. The first-order valence-electron chi connectivity index (χ1n) is 7.81. The van der Waals surface area contributed by atoms with Crippen LogP contribution in [-0.4, -0.2) is 13.1 Å². The van der Waals surface area contributed by atoms with Crippen molar-refractivity contribution in [2.45, 2.75) is 52.5 Å². The van der Waals surface area contributed by atoms with Gasteiger partial charge in [-0.15, -0.1) is 0 Å². The Kier molecular flexibility index (Phi) is 5.14. The number of halogens is 1. The quantitative estimate of drug-likeness (QED) is 0.847. The van der Waals surface area contributed by atoms with Crippen molar-refractivity contribution in [1.82, 2.24) is 0 Å². The Bertz CT molecular complexity index is 442. The molecular formula is C17H27BrN2. The summed E-state index contributed by atoms with van der Waals surface area (Å²) in [6.07, 6.45) is 5.23. The van der Waals surface area contributed by atoms with Crippen molar-refractivity contribution >= 4 is 21.6 Å². The van der Waals surface area contributed by atoms with E-state index in [0.29, 0.717) is 5.41 Å². The molecule has 2 N–H and O–H groups in total. The second-order valence-electron chi connectivity index (χ2n) is 6.19. The Morgan fingerprint density at radius 2 is 1.85 bits per heavy atom. The average Bonchev–Trinajstić information content (AvgIpc) is 2.47. The topological polar surface area (TPSA) is 29.3 Å². The fraction of sp³-hybridized carbons (Fsp3) is 0.647. The minimum Gasteiger partial charge on any atom is -0.371 e. The molecule has 0 saturated carbocycles. The van der Waals surface area contributed by atoms with E-state index in [1.54, 1.807) is 0 Å².